The molecule has 1 aliphatic carbocycles. The number of hydrogen-bond donors (Lipinski definition) is 0. The largest absolute Gasteiger partial charge is 0.463 e. The lowest BCUT2D eigenvalue weighted by Gasteiger charge is -2.42. The highest BCUT2D eigenvalue weighted by Gasteiger charge is 2.31. The molecule has 2 fully saturated rings. The molecule has 8 nitrogen and oxygen atoms in total. The van der Waals surface area contributed by atoms with Gasteiger partial charge in [-0.2, -0.15) is 15.2 Å². The van der Waals surface area contributed by atoms with Gasteiger partial charge in [-0.3, -0.25) is 0 Å². The summed E-state index contributed by atoms with van der Waals surface area (Å²) >= 11 is 0. The van der Waals surface area contributed by atoms with Crippen molar-refractivity contribution in [3.8, 4) is 12.1 Å². The third-order valence-electron chi connectivity index (χ3n) is 9.62. The molecule has 0 unspecified atom stereocenters. The predicted octanol–water partition coefficient (Wildman–Crippen LogP) is 5.63. The fourth-order valence-electron chi connectivity index (χ4n) is 7.16. The molecule has 0 N–H and O–H groups in total. The van der Waals surface area contributed by atoms with E-state index in [2.05, 4.69) is 94.5 Å². The predicted molar refractivity (Wildman–Crippen MR) is 173 cm³/mol. The van der Waals surface area contributed by atoms with Crippen LogP contribution in [-0.2, 0) is 13.0 Å². The molecule has 6 rings (SSSR count). The van der Waals surface area contributed by atoms with Crippen LogP contribution in [0.1, 0.15) is 50.3 Å². The average molecular weight is 580 g/mol. The molecular weight excluding hydrogens is 534 g/mol. The fraction of sp³-hybridized carbons (Fsp3) is 0.514. The van der Waals surface area contributed by atoms with Gasteiger partial charge in [0.15, 0.2) is 0 Å². The van der Waals surface area contributed by atoms with Gasteiger partial charge in [0.1, 0.15) is 5.82 Å². The van der Waals surface area contributed by atoms with Gasteiger partial charge in [-0.25, -0.2) is 0 Å². The van der Waals surface area contributed by atoms with Crippen molar-refractivity contribution in [1.29, 1.82) is 5.26 Å². The highest BCUT2D eigenvalue weighted by molar-refractivity contribution is 5.94. The lowest BCUT2D eigenvalue weighted by atomic mass is 9.86. The van der Waals surface area contributed by atoms with Crippen LogP contribution in [0.3, 0.4) is 0 Å². The van der Waals surface area contributed by atoms with E-state index in [1.807, 2.05) is 6.92 Å². The first kappa shape index (κ1) is 29.3. The second-order valence-corrected chi connectivity index (χ2v) is 12.6. The van der Waals surface area contributed by atoms with Crippen molar-refractivity contribution in [2.75, 3.05) is 56.7 Å². The number of piperazine rings is 1. The number of allylic oxidation sites excluding steroid dienone is 1. The van der Waals surface area contributed by atoms with E-state index < -0.39 is 0 Å². The molecule has 1 atom stereocenters. The van der Waals surface area contributed by atoms with E-state index in [4.69, 9.17) is 14.7 Å². The standard InChI is InChI=1S/C35H45N7O/c1-4-19-40-21-22-42(23-29(40)16-18-36)34-31-17-20-41(33-11-7-9-27-8-5-6-10-30(27)33)24-32(31)37-35(38-34)43-25-26-12-14-28(15-13-26)39(2)3/h4-11,19,26,28-29H,12-17,20-25H2,1-3H3/t26?,28?,29-/m0/s1. The van der Waals surface area contributed by atoms with Crippen LogP contribution in [0.5, 0.6) is 6.01 Å². The van der Waals surface area contributed by atoms with E-state index >= 15 is 0 Å². The molecule has 2 aromatic carbocycles. The minimum absolute atomic E-state index is 0.132. The number of fused-ring (bicyclic) bond motifs is 2. The van der Waals surface area contributed by atoms with Gasteiger partial charge in [-0.05, 0) is 76.7 Å². The van der Waals surface area contributed by atoms with Crippen LogP contribution in [0, 0.1) is 17.2 Å². The van der Waals surface area contributed by atoms with Crippen LogP contribution >= 0.6 is 0 Å². The molecule has 3 aromatic rings. The van der Waals surface area contributed by atoms with Gasteiger partial charge in [-0.1, -0.05) is 42.5 Å². The Hall–Kier alpha value is -3.83. The Kier molecular flexibility index (Phi) is 8.99. The minimum Gasteiger partial charge on any atom is -0.463 e. The number of anilines is 2. The van der Waals surface area contributed by atoms with Crippen molar-refractivity contribution < 1.29 is 4.74 Å². The summed E-state index contributed by atoms with van der Waals surface area (Å²) in [4.78, 5) is 19.7. The Morgan fingerprint density at radius 1 is 1.00 bits per heavy atom. The molecule has 2 aliphatic heterocycles. The molecule has 1 saturated carbocycles. The van der Waals surface area contributed by atoms with Crippen molar-refractivity contribution in [2.45, 2.75) is 64.1 Å². The van der Waals surface area contributed by atoms with Crippen LogP contribution in [0.2, 0.25) is 0 Å². The van der Waals surface area contributed by atoms with Crippen LogP contribution in [0.4, 0.5) is 11.5 Å². The first-order valence-electron chi connectivity index (χ1n) is 16.0. The summed E-state index contributed by atoms with van der Waals surface area (Å²) < 4.78 is 6.43. The van der Waals surface area contributed by atoms with E-state index in [0.717, 1.165) is 50.7 Å². The molecule has 3 aliphatic rings. The SMILES string of the molecule is CC=CN1CCN(c2nc(OCC3CCC(N(C)C)CC3)nc3c2CCN(c2cccc4ccccc24)C3)C[C@@H]1CC#N. The Balaban J connectivity index is 1.28. The van der Waals surface area contributed by atoms with Gasteiger partial charge in [0.2, 0.25) is 0 Å². The number of benzene rings is 2. The number of nitrogens with zero attached hydrogens (tertiary/aromatic N) is 7. The highest BCUT2D eigenvalue weighted by atomic mass is 16.5. The molecule has 0 bridgehead atoms. The van der Waals surface area contributed by atoms with E-state index in [0.29, 0.717) is 31.0 Å². The van der Waals surface area contributed by atoms with Gasteiger partial charge < -0.3 is 24.3 Å². The number of rotatable bonds is 8. The van der Waals surface area contributed by atoms with Crippen molar-refractivity contribution in [2.24, 2.45) is 5.92 Å². The monoisotopic (exact) mass is 579 g/mol. The van der Waals surface area contributed by atoms with E-state index in [1.165, 1.54) is 47.7 Å². The fourth-order valence-corrected chi connectivity index (χ4v) is 7.16. The number of nitriles is 1. The van der Waals surface area contributed by atoms with Crippen molar-refractivity contribution in [3.63, 3.8) is 0 Å². The Bertz CT molecular complexity index is 1470. The summed E-state index contributed by atoms with van der Waals surface area (Å²) in [5, 5.41) is 12.1. The maximum atomic E-state index is 9.58. The van der Waals surface area contributed by atoms with Crippen LogP contribution in [0.25, 0.3) is 10.8 Å². The zero-order valence-electron chi connectivity index (χ0n) is 26.0. The summed E-state index contributed by atoms with van der Waals surface area (Å²) in [6.45, 7) is 6.82. The second kappa shape index (κ2) is 13.2. The molecule has 0 spiro atoms. The number of ether oxygens (including phenoxy) is 1. The molecule has 3 heterocycles. The van der Waals surface area contributed by atoms with Gasteiger partial charge >= 0.3 is 6.01 Å². The molecule has 0 amide bonds. The quantitative estimate of drug-likeness (QED) is 0.340. The number of hydrogen-bond acceptors (Lipinski definition) is 8. The first-order chi connectivity index (χ1) is 21.0. The van der Waals surface area contributed by atoms with Crippen LogP contribution in [-0.4, -0.2) is 78.7 Å². The highest BCUT2D eigenvalue weighted by Crippen LogP contribution is 2.35. The topological polar surface area (TPSA) is 71.8 Å². The van der Waals surface area contributed by atoms with E-state index in [-0.39, 0.29) is 6.04 Å². The maximum Gasteiger partial charge on any atom is 0.318 e. The zero-order chi connectivity index (χ0) is 29.8. The Morgan fingerprint density at radius 2 is 1.81 bits per heavy atom. The molecule has 8 heteroatoms. The summed E-state index contributed by atoms with van der Waals surface area (Å²) in [6, 6.07) is 18.9. The van der Waals surface area contributed by atoms with E-state index in [1.54, 1.807) is 0 Å². The first-order valence-corrected chi connectivity index (χ1v) is 16.0. The summed E-state index contributed by atoms with van der Waals surface area (Å²) in [6.07, 6.45) is 10.3. The normalized spacial score (nSPS) is 22.7. The van der Waals surface area contributed by atoms with Gasteiger partial charge in [0.25, 0.3) is 0 Å². The molecule has 43 heavy (non-hydrogen) atoms. The summed E-state index contributed by atoms with van der Waals surface area (Å²) in [5.74, 6) is 1.54. The van der Waals surface area contributed by atoms with Gasteiger partial charge in [0, 0.05) is 48.9 Å². The zero-order valence-corrected chi connectivity index (χ0v) is 26.0. The van der Waals surface area contributed by atoms with Gasteiger partial charge in [0.05, 0.1) is 37.4 Å². The minimum atomic E-state index is 0.132. The Morgan fingerprint density at radius 3 is 2.60 bits per heavy atom. The summed E-state index contributed by atoms with van der Waals surface area (Å²) in [7, 11) is 4.37. The maximum absolute atomic E-state index is 9.58. The lowest BCUT2D eigenvalue weighted by molar-refractivity contribution is 0.146. The lowest BCUT2D eigenvalue weighted by Crippen LogP contribution is -2.51. The molecule has 1 aromatic heterocycles. The van der Waals surface area contributed by atoms with Crippen molar-refractivity contribution in [1.82, 2.24) is 19.8 Å². The van der Waals surface area contributed by atoms with Crippen LogP contribution < -0.4 is 14.5 Å². The number of aromatic nitrogens is 2. The molecule has 226 valence electrons. The van der Waals surface area contributed by atoms with E-state index in [9.17, 15) is 5.26 Å². The molecule has 0 radical (unpaired) electrons. The average Bonchev–Trinajstić information content (AvgIpc) is 3.04. The Labute approximate surface area is 256 Å². The summed E-state index contributed by atoms with van der Waals surface area (Å²) in [5.41, 5.74) is 3.53. The van der Waals surface area contributed by atoms with Crippen molar-refractivity contribution in [3.05, 3.63) is 66.0 Å². The van der Waals surface area contributed by atoms with Gasteiger partial charge in [-0.15, -0.1) is 0 Å². The second-order valence-electron chi connectivity index (χ2n) is 12.6. The third-order valence-corrected chi connectivity index (χ3v) is 9.62. The van der Waals surface area contributed by atoms with Crippen molar-refractivity contribution >= 4 is 22.3 Å². The molecular formula is C35H45N7O. The smallest absolute Gasteiger partial charge is 0.318 e. The molecule has 1 saturated heterocycles. The van der Waals surface area contributed by atoms with Crippen LogP contribution in [0.15, 0.2) is 54.7 Å². The third kappa shape index (κ3) is 6.42.